The van der Waals surface area contributed by atoms with E-state index in [1.165, 1.54) is 0 Å². The van der Waals surface area contributed by atoms with Gasteiger partial charge in [0.1, 0.15) is 0 Å². The molecule has 0 spiro atoms. The fourth-order valence-corrected chi connectivity index (χ4v) is 2.99. The number of carbonyl (C=O) groups is 2. The maximum absolute atomic E-state index is 12.6. The van der Waals surface area contributed by atoms with E-state index in [4.69, 9.17) is 0 Å². The summed E-state index contributed by atoms with van der Waals surface area (Å²) in [5.41, 5.74) is 3.40. The third-order valence-electron chi connectivity index (χ3n) is 4.42. The molecule has 2 amide bonds. The zero-order valence-electron chi connectivity index (χ0n) is 14.7. The van der Waals surface area contributed by atoms with E-state index in [1.807, 2.05) is 61.5 Å². The predicted molar refractivity (Wildman–Crippen MR) is 100.0 cm³/mol. The van der Waals surface area contributed by atoms with Crippen molar-refractivity contribution in [2.45, 2.75) is 19.4 Å². The first-order chi connectivity index (χ1) is 12.1. The van der Waals surface area contributed by atoms with Crippen molar-refractivity contribution >= 4 is 23.2 Å². The van der Waals surface area contributed by atoms with Gasteiger partial charge < -0.3 is 15.1 Å². The molecule has 1 aliphatic rings. The highest BCUT2D eigenvalue weighted by atomic mass is 16.2. The van der Waals surface area contributed by atoms with Crippen LogP contribution in [0.15, 0.2) is 48.5 Å². The van der Waals surface area contributed by atoms with E-state index >= 15 is 0 Å². The fourth-order valence-electron chi connectivity index (χ4n) is 2.99. The Hall–Kier alpha value is -2.82. The summed E-state index contributed by atoms with van der Waals surface area (Å²) in [4.78, 5) is 28.4. The molecule has 0 saturated carbocycles. The number of nitrogens with one attached hydrogen (secondary N) is 1. The molecule has 0 unspecified atom stereocenters. The lowest BCUT2D eigenvalue weighted by molar-refractivity contribution is -0.117. The number of nitrogens with zero attached hydrogens (tertiary/aromatic N) is 2. The summed E-state index contributed by atoms with van der Waals surface area (Å²) < 4.78 is 0. The Kier molecular flexibility index (Phi) is 5.03. The first-order valence-corrected chi connectivity index (χ1v) is 8.50. The summed E-state index contributed by atoms with van der Waals surface area (Å²) in [6.45, 7) is 1.13. The number of benzene rings is 2. The van der Waals surface area contributed by atoms with Gasteiger partial charge in [0.2, 0.25) is 5.91 Å². The van der Waals surface area contributed by atoms with Crippen molar-refractivity contribution in [2.24, 2.45) is 0 Å². The molecular formula is C20H23N3O2. The maximum atomic E-state index is 12.6. The zero-order valence-corrected chi connectivity index (χ0v) is 14.7. The topological polar surface area (TPSA) is 52.7 Å². The van der Waals surface area contributed by atoms with Crippen LogP contribution in [0.1, 0.15) is 28.8 Å². The lowest BCUT2D eigenvalue weighted by Gasteiger charge is -2.19. The van der Waals surface area contributed by atoms with Gasteiger partial charge in [0.25, 0.3) is 5.91 Å². The summed E-state index contributed by atoms with van der Waals surface area (Å²) >= 11 is 0. The summed E-state index contributed by atoms with van der Waals surface area (Å²) in [5.74, 6) is -0.0773. The van der Waals surface area contributed by atoms with Crippen LogP contribution in [-0.4, -0.2) is 32.5 Å². The predicted octanol–water partition coefficient (Wildman–Crippen LogP) is 2.81. The van der Waals surface area contributed by atoms with Crippen LogP contribution in [0.3, 0.4) is 0 Å². The molecule has 1 fully saturated rings. The second-order valence-corrected chi connectivity index (χ2v) is 6.41. The quantitative estimate of drug-likeness (QED) is 0.913. The van der Waals surface area contributed by atoms with Gasteiger partial charge in [0, 0.05) is 39.3 Å². The van der Waals surface area contributed by atoms with Crippen LogP contribution >= 0.6 is 0 Å². The third-order valence-corrected chi connectivity index (χ3v) is 4.42. The van der Waals surface area contributed by atoms with Crippen LogP contribution in [0.5, 0.6) is 0 Å². The summed E-state index contributed by atoms with van der Waals surface area (Å²) in [6.07, 6.45) is 1.39. The minimum absolute atomic E-state index is 0.0829. The van der Waals surface area contributed by atoms with E-state index in [-0.39, 0.29) is 11.8 Å². The Balaban J connectivity index is 1.70. The van der Waals surface area contributed by atoms with Gasteiger partial charge in [-0.15, -0.1) is 0 Å². The molecule has 1 N–H and O–H groups in total. The molecule has 1 heterocycles. The zero-order chi connectivity index (χ0) is 17.8. The number of hydrogen-bond acceptors (Lipinski definition) is 3. The largest absolute Gasteiger partial charge is 0.378 e. The van der Waals surface area contributed by atoms with Gasteiger partial charge in [-0.2, -0.15) is 0 Å². The second-order valence-electron chi connectivity index (χ2n) is 6.41. The maximum Gasteiger partial charge on any atom is 0.253 e. The van der Waals surface area contributed by atoms with Crippen LogP contribution in [0, 0.1) is 0 Å². The minimum Gasteiger partial charge on any atom is -0.378 e. The molecule has 2 aromatic rings. The van der Waals surface area contributed by atoms with Gasteiger partial charge >= 0.3 is 0 Å². The molecule has 130 valence electrons. The summed E-state index contributed by atoms with van der Waals surface area (Å²) in [6, 6.07) is 15.4. The SMILES string of the molecule is CN(C)c1ccc(CNC(=O)c2ccccc2N2CCCC2=O)cc1. The van der Waals surface area contributed by atoms with Gasteiger partial charge in [0.05, 0.1) is 11.3 Å². The van der Waals surface area contributed by atoms with E-state index in [0.717, 1.165) is 17.7 Å². The van der Waals surface area contributed by atoms with Crippen LogP contribution in [-0.2, 0) is 11.3 Å². The Morgan fingerprint density at radius 3 is 2.48 bits per heavy atom. The smallest absolute Gasteiger partial charge is 0.253 e. The molecule has 1 saturated heterocycles. The van der Waals surface area contributed by atoms with E-state index < -0.39 is 0 Å². The van der Waals surface area contributed by atoms with Gasteiger partial charge in [-0.05, 0) is 36.2 Å². The van der Waals surface area contributed by atoms with Crippen molar-refractivity contribution in [1.29, 1.82) is 0 Å². The Labute approximate surface area is 148 Å². The molecular weight excluding hydrogens is 314 g/mol. The molecule has 0 radical (unpaired) electrons. The molecule has 1 aliphatic heterocycles. The highest BCUT2D eigenvalue weighted by molar-refractivity contribution is 6.05. The van der Waals surface area contributed by atoms with Gasteiger partial charge in [-0.25, -0.2) is 0 Å². The lowest BCUT2D eigenvalue weighted by Crippen LogP contribution is -2.29. The average Bonchev–Trinajstić information content (AvgIpc) is 3.06. The molecule has 2 aromatic carbocycles. The van der Waals surface area contributed by atoms with Crippen LogP contribution < -0.4 is 15.1 Å². The van der Waals surface area contributed by atoms with E-state index in [2.05, 4.69) is 5.32 Å². The Bertz CT molecular complexity index is 769. The number of para-hydroxylation sites is 1. The lowest BCUT2D eigenvalue weighted by atomic mass is 10.1. The van der Waals surface area contributed by atoms with Crippen molar-refractivity contribution in [3.05, 3.63) is 59.7 Å². The number of hydrogen-bond donors (Lipinski definition) is 1. The molecule has 3 rings (SSSR count). The minimum atomic E-state index is -0.160. The highest BCUT2D eigenvalue weighted by Gasteiger charge is 2.25. The monoisotopic (exact) mass is 337 g/mol. The second kappa shape index (κ2) is 7.38. The van der Waals surface area contributed by atoms with Gasteiger partial charge in [0.15, 0.2) is 0 Å². The van der Waals surface area contributed by atoms with Crippen molar-refractivity contribution < 1.29 is 9.59 Å². The van der Waals surface area contributed by atoms with Crippen molar-refractivity contribution in [2.75, 3.05) is 30.4 Å². The van der Waals surface area contributed by atoms with E-state index in [9.17, 15) is 9.59 Å². The van der Waals surface area contributed by atoms with Crippen LogP contribution in [0.25, 0.3) is 0 Å². The molecule has 0 atom stereocenters. The normalized spacial score (nSPS) is 13.8. The molecule has 5 heteroatoms. The molecule has 25 heavy (non-hydrogen) atoms. The highest BCUT2D eigenvalue weighted by Crippen LogP contribution is 2.25. The average molecular weight is 337 g/mol. The summed E-state index contributed by atoms with van der Waals surface area (Å²) in [7, 11) is 3.99. The molecule has 0 bridgehead atoms. The van der Waals surface area contributed by atoms with Crippen LogP contribution in [0.2, 0.25) is 0 Å². The van der Waals surface area contributed by atoms with Crippen molar-refractivity contribution in [1.82, 2.24) is 5.32 Å². The number of rotatable bonds is 5. The first-order valence-electron chi connectivity index (χ1n) is 8.50. The molecule has 5 nitrogen and oxygen atoms in total. The van der Waals surface area contributed by atoms with Gasteiger partial charge in [-0.1, -0.05) is 24.3 Å². The van der Waals surface area contributed by atoms with E-state index in [0.29, 0.717) is 30.8 Å². The van der Waals surface area contributed by atoms with Gasteiger partial charge in [-0.3, -0.25) is 9.59 Å². The number of anilines is 2. The fraction of sp³-hybridized carbons (Fsp3) is 0.300. The summed E-state index contributed by atoms with van der Waals surface area (Å²) in [5, 5.41) is 2.95. The third kappa shape index (κ3) is 3.82. The van der Waals surface area contributed by atoms with Crippen molar-refractivity contribution in [3.8, 4) is 0 Å². The molecule has 0 aromatic heterocycles. The molecule has 0 aliphatic carbocycles. The standard InChI is InChI=1S/C20H23N3O2/c1-22(2)16-11-9-15(10-12-16)14-21-20(25)17-6-3-4-7-18(17)23-13-5-8-19(23)24/h3-4,6-7,9-12H,5,8,13-14H2,1-2H3,(H,21,25). The number of amides is 2. The Morgan fingerprint density at radius 1 is 1.12 bits per heavy atom. The number of carbonyl (C=O) groups excluding carboxylic acids is 2. The van der Waals surface area contributed by atoms with Crippen LogP contribution in [0.4, 0.5) is 11.4 Å². The Morgan fingerprint density at radius 2 is 1.84 bits per heavy atom. The first kappa shape index (κ1) is 17.0. The van der Waals surface area contributed by atoms with Crippen molar-refractivity contribution in [3.63, 3.8) is 0 Å². The van der Waals surface area contributed by atoms with E-state index in [1.54, 1.807) is 11.0 Å².